The molecule has 26 heavy (non-hydrogen) atoms. The van der Waals surface area contributed by atoms with Crippen LogP contribution in [0.5, 0.6) is 0 Å². The van der Waals surface area contributed by atoms with Gasteiger partial charge in [0.2, 0.25) is 5.91 Å². The first-order valence-corrected chi connectivity index (χ1v) is 9.10. The molecule has 0 aliphatic carbocycles. The Balaban J connectivity index is 1.85. The van der Waals surface area contributed by atoms with Crippen LogP contribution in [0.3, 0.4) is 0 Å². The summed E-state index contributed by atoms with van der Waals surface area (Å²) in [6, 6.07) is 7.01. The number of hydrogen-bond donors (Lipinski definition) is 2. The van der Waals surface area contributed by atoms with Crippen molar-refractivity contribution in [3.8, 4) is 0 Å². The minimum atomic E-state index is -1.13. The van der Waals surface area contributed by atoms with Gasteiger partial charge in [0.05, 0.1) is 30.0 Å². The van der Waals surface area contributed by atoms with Gasteiger partial charge in [-0.1, -0.05) is 31.9 Å². The lowest BCUT2D eigenvalue weighted by molar-refractivity contribution is -0.145. The number of nitrogens with one attached hydrogen (secondary N) is 1. The monoisotopic (exact) mass is 361 g/mol. The summed E-state index contributed by atoms with van der Waals surface area (Å²) < 4.78 is 14.2. The van der Waals surface area contributed by atoms with E-state index in [1.54, 1.807) is 0 Å². The van der Waals surface area contributed by atoms with Gasteiger partial charge in [0, 0.05) is 12.3 Å². The number of aromatic amines is 1. The lowest BCUT2D eigenvalue weighted by Gasteiger charge is -2.27. The van der Waals surface area contributed by atoms with Crippen molar-refractivity contribution in [3.63, 3.8) is 0 Å². The van der Waals surface area contributed by atoms with Crippen molar-refractivity contribution in [3.05, 3.63) is 30.1 Å². The molecule has 6 nitrogen and oxygen atoms in total. The highest BCUT2D eigenvalue weighted by Crippen LogP contribution is 2.35. The number of imidazole rings is 1. The summed E-state index contributed by atoms with van der Waals surface area (Å²) in [4.78, 5) is 33.3. The Morgan fingerprint density at radius 3 is 2.88 bits per heavy atom. The number of benzene rings is 1. The molecule has 1 amide bonds. The molecular formula is C19H24FN3O3. The number of aromatic nitrogens is 2. The van der Waals surface area contributed by atoms with E-state index in [0.717, 1.165) is 23.9 Å². The van der Waals surface area contributed by atoms with Crippen LogP contribution >= 0.6 is 0 Å². The molecule has 2 aromatic rings. The fourth-order valence-electron chi connectivity index (χ4n) is 3.63. The molecule has 3 unspecified atom stereocenters. The SMILES string of the molecule is CCCCC(CC(=O)O)C(=O)N1CC(F)CC1c1nc2ccccc2[nH]1. The highest BCUT2D eigenvalue weighted by atomic mass is 19.1. The van der Waals surface area contributed by atoms with Crippen molar-refractivity contribution < 1.29 is 19.1 Å². The summed E-state index contributed by atoms with van der Waals surface area (Å²) in [6.45, 7) is 1.98. The van der Waals surface area contributed by atoms with Gasteiger partial charge in [0.15, 0.2) is 0 Å². The molecule has 1 aromatic heterocycles. The van der Waals surface area contributed by atoms with Crippen molar-refractivity contribution in [1.82, 2.24) is 14.9 Å². The molecule has 0 radical (unpaired) electrons. The van der Waals surface area contributed by atoms with Gasteiger partial charge in [-0.3, -0.25) is 9.59 Å². The zero-order valence-corrected chi connectivity index (χ0v) is 14.8. The molecule has 1 aromatic carbocycles. The number of unbranched alkanes of at least 4 members (excludes halogenated alkanes) is 1. The van der Waals surface area contributed by atoms with Crippen molar-refractivity contribution in [2.24, 2.45) is 5.92 Å². The molecule has 0 saturated carbocycles. The maximum atomic E-state index is 14.2. The second-order valence-electron chi connectivity index (χ2n) is 6.92. The Hall–Kier alpha value is -2.44. The largest absolute Gasteiger partial charge is 0.481 e. The number of halogens is 1. The van der Waals surface area contributed by atoms with E-state index in [9.17, 15) is 14.0 Å². The van der Waals surface area contributed by atoms with Crippen LogP contribution in [0.2, 0.25) is 0 Å². The third-order valence-corrected chi connectivity index (χ3v) is 4.93. The van der Waals surface area contributed by atoms with Crippen LogP contribution in [0.1, 0.15) is 50.9 Å². The van der Waals surface area contributed by atoms with Crippen LogP contribution in [0.4, 0.5) is 4.39 Å². The van der Waals surface area contributed by atoms with Crippen LogP contribution in [-0.4, -0.2) is 44.6 Å². The molecule has 140 valence electrons. The molecule has 1 saturated heterocycles. The zero-order chi connectivity index (χ0) is 18.7. The first kappa shape index (κ1) is 18.4. The van der Waals surface area contributed by atoms with E-state index in [1.807, 2.05) is 31.2 Å². The summed E-state index contributed by atoms with van der Waals surface area (Å²) in [5, 5.41) is 9.14. The number of carboxylic acids is 1. The lowest BCUT2D eigenvalue weighted by Crippen LogP contribution is -2.37. The summed E-state index contributed by atoms with van der Waals surface area (Å²) in [6.07, 6.45) is 0.975. The van der Waals surface area contributed by atoms with E-state index >= 15 is 0 Å². The number of para-hydroxylation sites is 2. The predicted octanol–water partition coefficient (Wildman–Crippen LogP) is 3.46. The Morgan fingerprint density at radius 2 is 2.19 bits per heavy atom. The quantitative estimate of drug-likeness (QED) is 0.791. The van der Waals surface area contributed by atoms with Gasteiger partial charge in [-0.05, 0) is 18.6 Å². The normalized spacial score (nSPS) is 21.2. The van der Waals surface area contributed by atoms with Gasteiger partial charge in [0.25, 0.3) is 0 Å². The van der Waals surface area contributed by atoms with Gasteiger partial charge in [0.1, 0.15) is 12.0 Å². The second-order valence-corrected chi connectivity index (χ2v) is 6.92. The van der Waals surface area contributed by atoms with Gasteiger partial charge < -0.3 is 15.0 Å². The van der Waals surface area contributed by atoms with Crippen LogP contribution in [0.25, 0.3) is 11.0 Å². The van der Waals surface area contributed by atoms with Gasteiger partial charge in [-0.25, -0.2) is 9.37 Å². The molecule has 0 bridgehead atoms. The highest BCUT2D eigenvalue weighted by molar-refractivity contribution is 5.84. The maximum Gasteiger partial charge on any atom is 0.304 e. The van der Waals surface area contributed by atoms with Crippen LogP contribution in [0.15, 0.2) is 24.3 Å². The number of alkyl halides is 1. The summed E-state index contributed by atoms with van der Waals surface area (Å²) in [5.41, 5.74) is 1.61. The minimum Gasteiger partial charge on any atom is -0.481 e. The van der Waals surface area contributed by atoms with E-state index in [1.165, 1.54) is 4.90 Å². The fraction of sp³-hybridized carbons (Fsp3) is 0.526. The van der Waals surface area contributed by atoms with Crippen molar-refractivity contribution in [1.29, 1.82) is 0 Å². The highest BCUT2D eigenvalue weighted by Gasteiger charge is 2.40. The third kappa shape index (κ3) is 3.86. The number of carbonyl (C=O) groups is 2. The average Bonchev–Trinajstić information content (AvgIpc) is 3.20. The summed E-state index contributed by atoms with van der Waals surface area (Å²) in [7, 11) is 0. The summed E-state index contributed by atoms with van der Waals surface area (Å²) in [5.74, 6) is -1.35. The lowest BCUT2D eigenvalue weighted by atomic mass is 9.96. The van der Waals surface area contributed by atoms with Crippen LogP contribution in [-0.2, 0) is 9.59 Å². The fourth-order valence-corrected chi connectivity index (χ4v) is 3.63. The third-order valence-electron chi connectivity index (χ3n) is 4.93. The predicted molar refractivity (Wildman–Crippen MR) is 95.3 cm³/mol. The number of carboxylic acid groups (broad SMARTS) is 1. The van der Waals surface area contributed by atoms with Crippen molar-refractivity contribution >= 4 is 22.9 Å². The van der Waals surface area contributed by atoms with Crippen molar-refractivity contribution in [2.75, 3.05) is 6.54 Å². The number of nitrogens with zero attached hydrogens (tertiary/aromatic N) is 2. The number of fused-ring (bicyclic) bond motifs is 1. The van der Waals surface area contributed by atoms with E-state index < -0.39 is 24.1 Å². The van der Waals surface area contributed by atoms with Crippen LogP contribution < -0.4 is 0 Å². The molecule has 3 atom stereocenters. The van der Waals surface area contributed by atoms with Gasteiger partial charge >= 0.3 is 5.97 Å². The standard InChI is InChI=1S/C19H24FN3O3/c1-2-3-6-12(9-17(24)25)19(26)23-11-13(20)10-16(23)18-21-14-7-4-5-8-15(14)22-18/h4-5,7-8,12-13,16H,2-3,6,9-11H2,1H3,(H,21,22)(H,24,25). The molecular weight excluding hydrogens is 337 g/mol. The molecule has 1 aliphatic rings. The smallest absolute Gasteiger partial charge is 0.304 e. The Labute approximate surface area is 151 Å². The van der Waals surface area contributed by atoms with Gasteiger partial charge in [-0.15, -0.1) is 0 Å². The van der Waals surface area contributed by atoms with Crippen LogP contribution in [0, 0.1) is 5.92 Å². The number of aliphatic carboxylic acids is 1. The number of rotatable bonds is 7. The number of likely N-dealkylation sites (tertiary alicyclic amines) is 1. The zero-order valence-electron chi connectivity index (χ0n) is 14.8. The number of amides is 1. The molecule has 7 heteroatoms. The first-order valence-electron chi connectivity index (χ1n) is 9.10. The van der Waals surface area contributed by atoms with E-state index in [-0.39, 0.29) is 25.3 Å². The number of carbonyl (C=O) groups excluding carboxylic acids is 1. The average molecular weight is 361 g/mol. The van der Waals surface area contributed by atoms with E-state index in [0.29, 0.717) is 12.2 Å². The number of H-pyrrole nitrogens is 1. The molecule has 2 heterocycles. The Bertz CT molecular complexity index is 758. The number of hydrogen-bond acceptors (Lipinski definition) is 3. The molecule has 3 rings (SSSR count). The summed E-state index contributed by atoms with van der Waals surface area (Å²) >= 11 is 0. The van der Waals surface area contributed by atoms with E-state index in [2.05, 4.69) is 9.97 Å². The Kier molecular flexibility index (Phi) is 5.54. The molecule has 1 aliphatic heterocycles. The van der Waals surface area contributed by atoms with Gasteiger partial charge in [-0.2, -0.15) is 0 Å². The molecule has 2 N–H and O–H groups in total. The maximum absolute atomic E-state index is 14.2. The first-order chi connectivity index (χ1) is 12.5. The minimum absolute atomic E-state index is 0.0111. The van der Waals surface area contributed by atoms with E-state index in [4.69, 9.17) is 5.11 Å². The molecule has 1 fully saturated rings. The second kappa shape index (κ2) is 7.85. The Morgan fingerprint density at radius 1 is 1.42 bits per heavy atom. The topological polar surface area (TPSA) is 86.3 Å². The van der Waals surface area contributed by atoms with Crippen molar-refractivity contribution in [2.45, 2.75) is 51.2 Å². The molecule has 0 spiro atoms.